The van der Waals surface area contributed by atoms with Gasteiger partial charge in [-0.1, -0.05) is 23.2 Å². The molecule has 0 aromatic carbocycles. The molecular formula is C22H30Cl2N6O2S. The van der Waals surface area contributed by atoms with E-state index in [9.17, 15) is 9.59 Å². The number of nitrogens with two attached hydrogens (primary N) is 1. The zero-order valence-electron chi connectivity index (χ0n) is 18.8. The van der Waals surface area contributed by atoms with Crippen LogP contribution < -0.4 is 16.6 Å². The molecule has 8 nitrogen and oxygen atoms in total. The van der Waals surface area contributed by atoms with Crippen LogP contribution in [-0.4, -0.2) is 58.4 Å². The summed E-state index contributed by atoms with van der Waals surface area (Å²) in [4.78, 5) is 33.1. The first-order valence-electron chi connectivity index (χ1n) is 10.9. The third-order valence-electron chi connectivity index (χ3n) is 6.10. The number of piperidine rings is 1. The summed E-state index contributed by atoms with van der Waals surface area (Å²) in [6.45, 7) is 6.78. The van der Waals surface area contributed by atoms with Gasteiger partial charge < -0.3 is 15.1 Å². The van der Waals surface area contributed by atoms with Gasteiger partial charge in [0.15, 0.2) is 0 Å². The predicted octanol–water partition coefficient (Wildman–Crippen LogP) is 3.82. The van der Waals surface area contributed by atoms with Crippen molar-refractivity contribution in [3.63, 3.8) is 0 Å². The van der Waals surface area contributed by atoms with E-state index in [1.54, 1.807) is 24.3 Å². The number of hydrazine groups is 1. The van der Waals surface area contributed by atoms with Gasteiger partial charge in [-0.05, 0) is 67.1 Å². The summed E-state index contributed by atoms with van der Waals surface area (Å²) in [6.07, 6.45) is 2.55. The zero-order valence-corrected chi connectivity index (χ0v) is 21.1. The summed E-state index contributed by atoms with van der Waals surface area (Å²) < 4.78 is 0. The number of likely N-dealkylation sites (tertiary alicyclic amines) is 1. The second-order valence-corrected chi connectivity index (χ2v) is 9.82. The minimum absolute atomic E-state index is 0.112. The van der Waals surface area contributed by atoms with Gasteiger partial charge in [0.2, 0.25) is 0 Å². The van der Waals surface area contributed by atoms with Gasteiger partial charge in [-0.15, -0.1) is 0 Å². The minimum Gasteiger partial charge on any atom is -0.352 e. The van der Waals surface area contributed by atoms with Crippen LogP contribution in [0.25, 0.3) is 0 Å². The molecule has 1 aliphatic rings. The van der Waals surface area contributed by atoms with E-state index in [0.717, 1.165) is 37.9 Å². The first kappa shape index (κ1) is 25.7. The van der Waals surface area contributed by atoms with E-state index in [0.29, 0.717) is 30.3 Å². The molecule has 33 heavy (non-hydrogen) atoms. The highest BCUT2D eigenvalue weighted by Gasteiger charge is 2.29. The van der Waals surface area contributed by atoms with Crippen molar-refractivity contribution in [3.8, 4) is 0 Å². The Morgan fingerprint density at radius 3 is 2.70 bits per heavy atom. The number of nitrogens with zero attached hydrogens (tertiary/aromatic N) is 3. The van der Waals surface area contributed by atoms with Gasteiger partial charge in [0.1, 0.15) is 10.3 Å². The molecular weight excluding hydrogens is 483 g/mol. The van der Waals surface area contributed by atoms with E-state index >= 15 is 0 Å². The van der Waals surface area contributed by atoms with Crippen LogP contribution in [-0.2, 0) is 6.54 Å². The van der Waals surface area contributed by atoms with Crippen LogP contribution in [0.4, 0.5) is 4.79 Å². The van der Waals surface area contributed by atoms with Crippen molar-refractivity contribution in [1.29, 1.82) is 0 Å². The molecule has 1 fully saturated rings. The fourth-order valence-electron chi connectivity index (χ4n) is 4.20. The fourth-order valence-corrected chi connectivity index (χ4v) is 5.48. The standard InChI is InChI=1S/C22H30Cl2N6O2S/c1-14-11-18(23)27-20(24)19(14)21(31)26-7-3-15(2)29-8-4-17(5-9-29)30(22(32)28-25)12-16-6-10-33-13-16/h6,10-11,13,15,17H,3-5,7-9,12,25H2,1-2H3,(H,26,31)(H,28,32)/t15-/m1/s1. The lowest BCUT2D eigenvalue weighted by atomic mass is 10.0. The summed E-state index contributed by atoms with van der Waals surface area (Å²) >= 11 is 13.6. The van der Waals surface area contributed by atoms with Crippen molar-refractivity contribution in [3.05, 3.63) is 49.9 Å². The van der Waals surface area contributed by atoms with E-state index in [1.807, 2.05) is 16.3 Å². The number of thiophene rings is 1. The van der Waals surface area contributed by atoms with Gasteiger partial charge in [0.25, 0.3) is 5.91 Å². The number of hydrogen-bond donors (Lipinski definition) is 3. The molecule has 2 aromatic rings. The topological polar surface area (TPSA) is 104 Å². The Balaban J connectivity index is 1.47. The molecule has 2 aromatic heterocycles. The first-order chi connectivity index (χ1) is 15.8. The highest BCUT2D eigenvalue weighted by molar-refractivity contribution is 7.07. The van der Waals surface area contributed by atoms with E-state index in [2.05, 4.69) is 32.9 Å². The van der Waals surface area contributed by atoms with Crippen LogP contribution in [0.5, 0.6) is 0 Å². The Hall–Kier alpha value is -1.91. The van der Waals surface area contributed by atoms with E-state index in [4.69, 9.17) is 29.0 Å². The van der Waals surface area contributed by atoms with E-state index < -0.39 is 0 Å². The quantitative estimate of drug-likeness (QED) is 0.216. The fraction of sp³-hybridized carbons (Fsp3) is 0.500. The number of carbonyl (C=O) groups is 2. The molecule has 1 saturated heterocycles. The van der Waals surface area contributed by atoms with Crippen LogP contribution >= 0.6 is 34.5 Å². The normalized spacial score (nSPS) is 15.8. The maximum atomic E-state index is 12.6. The molecule has 0 radical (unpaired) electrons. The Morgan fingerprint density at radius 2 is 2.09 bits per heavy atom. The number of hydrogen-bond acceptors (Lipinski definition) is 6. The number of aryl methyl sites for hydroxylation is 1. The molecule has 3 rings (SSSR count). The van der Waals surface area contributed by atoms with Gasteiger partial charge in [-0.25, -0.2) is 15.6 Å². The van der Waals surface area contributed by atoms with Crippen molar-refractivity contribution >= 4 is 46.5 Å². The monoisotopic (exact) mass is 512 g/mol. The molecule has 4 N–H and O–H groups in total. The maximum absolute atomic E-state index is 12.6. The van der Waals surface area contributed by atoms with E-state index in [1.165, 1.54) is 0 Å². The molecule has 3 amide bonds. The first-order valence-corrected chi connectivity index (χ1v) is 12.6. The number of urea groups is 1. The van der Waals surface area contributed by atoms with Gasteiger partial charge >= 0.3 is 6.03 Å². The third-order valence-corrected chi connectivity index (χ3v) is 7.30. The number of nitrogens with one attached hydrogen (secondary N) is 2. The van der Waals surface area contributed by atoms with Crippen LogP contribution in [0.3, 0.4) is 0 Å². The molecule has 0 bridgehead atoms. The smallest absolute Gasteiger partial charge is 0.332 e. The van der Waals surface area contributed by atoms with Crippen LogP contribution in [0.2, 0.25) is 10.3 Å². The Labute approximate surface area is 208 Å². The van der Waals surface area contributed by atoms with Gasteiger partial charge in [-0.2, -0.15) is 11.3 Å². The van der Waals surface area contributed by atoms with Gasteiger partial charge in [-0.3, -0.25) is 10.2 Å². The molecule has 0 aliphatic carbocycles. The van der Waals surface area contributed by atoms with Crippen molar-refractivity contribution in [1.82, 2.24) is 25.5 Å². The molecule has 180 valence electrons. The average molecular weight is 513 g/mol. The molecule has 0 saturated carbocycles. The Bertz CT molecular complexity index is 927. The Morgan fingerprint density at radius 1 is 1.36 bits per heavy atom. The summed E-state index contributed by atoms with van der Waals surface area (Å²) in [6, 6.07) is 3.84. The third kappa shape index (κ3) is 6.80. The number of carbonyl (C=O) groups excluding carboxylic acids is 2. The number of rotatable bonds is 8. The van der Waals surface area contributed by atoms with Crippen molar-refractivity contribution < 1.29 is 9.59 Å². The average Bonchev–Trinajstić information content (AvgIpc) is 3.29. The minimum atomic E-state index is -0.249. The highest BCUT2D eigenvalue weighted by Crippen LogP contribution is 2.23. The van der Waals surface area contributed by atoms with Crippen LogP contribution in [0.15, 0.2) is 22.9 Å². The van der Waals surface area contributed by atoms with Gasteiger partial charge in [0, 0.05) is 38.3 Å². The number of aromatic nitrogens is 1. The molecule has 11 heteroatoms. The molecule has 0 unspecified atom stereocenters. The van der Waals surface area contributed by atoms with Crippen LogP contribution in [0.1, 0.15) is 47.7 Å². The molecule has 1 atom stereocenters. The number of amides is 3. The zero-order chi connectivity index (χ0) is 24.0. The summed E-state index contributed by atoms with van der Waals surface area (Å²) in [5.41, 5.74) is 4.45. The summed E-state index contributed by atoms with van der Waals surface area (Å²) in [5, 5.41) is 7.38. The summed E-state index contributed by atoms with van der Waals surface area (Å²) in [7, 11) is 0. The molecule has 3 heterocycles. The van der Waals surface area contributed by atoms with Crippen LogP contribution in [0, 0.1) is 6.92 Å². The maximum Gasteiger partial charge on any atom is 0.332 e. The lowest BCUT2D eigenvalue weighted by Crippen LogP contribution is -2.53. The lowest BCUT2D eigenvalue weighted by Gasteiger charge is -2.40. The molecule has 1 aliphatic heterocycles. The second kappa shape index (κ2) is 12.0. The Kier molecular flexibility index (Phi) is 9.34. The second-order valence-electron chi connectivity index (χ2n) is 8.30. The molecule has 0 spiro atoms. The van der Waals surface area contributed by atoms with Crippen molar-refractivity contribution in [2.75, 3.05) is 19.6 Å². The highest BCUT2D eigenvalue weighted by atomic mass is 35.5. The van der Waals surface area contributed by atoms with E-state index in [-0.39, 0.29) is 28.3 Å². The van der Waals surface area contributed by atoms with Crippen molar-refractivity contribution in [2.24, 2.45) is 5.84 Å². The van der Waals surface area contributed by atoms with Crippen molar-refractivity contribution in [2.45, 2.75) is 51.7 Å². The number of halogens is 2. The summed E-state index contributed by atoms with van der Waals surface area (Å²) in [5.74, 6) is 5.18. The van der Waals surface area contributed by atoms with Gasteiger partial charge in [0.05, 0.1) is 5.56 Å². The predicted molar refractivity (Wildman–Crippen MR) is 133 cm³/mol. The number of pyridine rings is 1. The largest absolute Gasteiger partial charge is 0.352 e. The lowest BCUT2D eigenvalue weighted by molar-refractivity contribution is 0.0904. The SMILES string of the molecule is Cc1cc(Cl)nc(Cl)c1C(=O)NCC[C@@H](C)N1CCC(N(Cc2ccsc2)C(=O)NN)CC1.